The summed E-state index contributed by atoms with van der Waals surface area (Å²) in [7, 11) is 0. The highest BCUT2D eigenvalue weighted by molar-refractivity contribution is 9.10. The molecule has 2 aromatic carbocycles. The zero-order valence-electron chi connectivity index (χ0n) is 11.6. The predicted octanol–water partition coefficient (Wildman–Crippen LogP) is 5.13. The molecule has 5 heteroatoms. The fraction of sp³-hybridized carbons (Fsp3) is 0.250. The average molecular weight is 358 g/mol. The van der Waals surface area contributed by atoms with Gasteiger partial charge < -0.3 is 5.73 Å². The number of nitrogens with two attached hydrogens (primary N) is 1. The summed E-state index contributed by atoms with van der Waals surface area (Å²) < 4.78 is 38.9. The topological polar surface area (TPSA) is 26.0 Å². The Morgan fingerprint density at radius 1 is 1.05 bits per heavy atom. The molecular formula is C16H15BrF3N. The van der Waals surface area contributed by atoms with Crippen LogP contribution in [0.4, 0.5) is 13.2 Å². The van der Waals surface area contributed by atoms with Gasteiger partial charge >= 0.3 is 6.18 Å². The van der Waals surface area contributed by atoms with Gasteiger partial charge in [0.15, 0.2) is 0 Å². The molecule has 1 nitrogen and oxygen atoms in total. The van der Waals surface area contributed by atoms with E-state index in [9.17, 15) is 13.2 Å². The number of hydrogen-bond donors (Lipinski definition) is 1. The molecule has 0 aromatic heterocycles. The second-order valence-corrected chi connectivity index (χ2v) is 5.93. The lowest BCUT2D eigenvalue weighted by molar-refractivity contribution is -0.138. The molecule has 2 aromatic rings. The second kappa shape index (κ2) is 5.81. The minimum absolute atomic E-state index is 0.0200. The molecule has 0 bridgehead atoms. The lowest BCUT2D eigenvalue weighted by Gasteiger charge is -2.18. The molecule has 0 fully saturated rings. The molecule has 1 atom stereocenters. The van der Waals surface area contributed by atoms with Gasteiger partial charge in [0.05, 0.1) is 11.6 Å². The fourth-order valence-corrected chi connectivity index (χ4v) is 2.78. The van der Waals surface area contributed by atoms with Crippen molar-refractivity contribution in [2.75, 3.05) is 0 Å². The van der Waals surface area contributed by atoms with E-state index < -0.39 is 17.8 Å². The van der Waals surface area contributed by atoms with Crippen molar-refractivity contribution in [3.63, 3.8) is 0 Å². The van der Waals surface area contributed by atoms with Gasteiger partial charge in [0, 0.05) is 4.47 Å². The summed E-state index contributed by atoms with van der Waals surface area (Å²) in [6.07, 6.45) is -4.41. The Kier molecular flexibility index (Phi) is 4.44. The first kappa shape index (κ1) is 16.0. The van der Waals surface area contributed by atoms with Crippen molar-refractivity contribution in [2.45, 2.75) is 26.1 Å². The lowest BCUT2D eigenvalue weighted by Crippen LogP contribution is -2.15. The first-order chi connectivity index (χ1) is 9.70. The van der Waals surface area contributed by atoms with E-state index >= 15 is 0 Å². The van der Waals surface area contributed by atoms with Gasteiger partial charge in [0.25, 0.3) is 0 Å². The van der Waals surface area contributed by atoms with Crippen molar-refractivity contribution in [3.8, 4) is 0 Å². The summed E-state index contributed by atoms with van der Waals surface area (Å²) in [5.41, 5.74) is 8.77. The molecule has 0 heterocycles. The zero-order valence-corrected chi connectivity index (χ0v) is 13.2. The number of rotatable bonds is 2. The number of alkyl halides is 3. The number of aryl methyl sites for hydroxylation is 2. The van der Waals surface area contributed by atoms with Crippen LogP contribution < -0.4 is 5.73 Å². The Labute approximate surface area is 130 Å². The third-order valence-electron chi connectivity index (χ3n) is 3.42. The molecule has 0 aliphatic carbocycles. The van der Waals surface area contributed by atoms with Gasteiger partial charge in [-0.15, -0.1) is 0 Å². The smallest absolute Gasteiger partial charge is 0.320 e. The highest BCUT2D eigenvalue weighted by atomic mass is 79.9. The maximum Gasteiger partial charge on any atom is 0.417 e. The van der Waals surface area contributed by atoms with Gasteiger partial charge in [-0.05, 0) is 42.7 Å². The highest BCUT2D eigenvalue weighted by Gasteiger charge is 2.33. The summed E-state index contributed by atoms with van der Waals surface area (Å²) >= 11 is 2.93. The molecular weight excluding hydrogens is 343 g/mol. The summed E-state index contributed by atoms with van der Waals surface area (Å²) in [6.45, 7) is 3.87. The van der Waals surface area contributed by atoms with E-state index in [0.717, 1.165) is 22.8 Å². The van der Waals surface area contributed by atoms with Crippen LogP contribution in [0.3, 0.4) is 0 Å². The van der Waals surface area contributed by atoms with E-state index in [-0.39, 0.29) is 4.47 Å². The SMILES string of the molecule is Cc1ccc(C(N)c2ccc(Br)c(C(F)(F)F)c2)c(C)c1. The van der Waals surface area contributed by atoms with Crippen molar-refractivity contribution < 1.29 is 13.2 Å². The Balaban J connectivity index is 2.46. The molecule has 2 N–H and O–H groups in total. The van der Waals surface area contributed by atoms with Crippen LogP contribution in [0.2, 0.25) is 0 Å². The van der Waals surface area contributed by atoms with Gasteiger partial charge in [-0.2, -0.15) is 13.2 Å². The van der Waals surface area contributed by atoms with Crippen LogP contribution in [0.1, 0.15) is 33.9 Å². The van der Waals surface area contributed by atoms with Gasteiger partial charge in [-0.3, -0.25) is 0 Å². The van der Waals surface area contributed by atoms with Crippen LogP contribution in [-0.2, 0) is 6.18 Å². The lowest BCUT2D eigenvalue weighted by atomic mass is 9.93. The first-order valence-electron chi connectivity index (χ1n) is 6.39. The molecule has 112 valence electrons. The van der Waals surface area contributed by atoms with E-state index in [4.69, 9.17) is 5.73 Å². The number of hydrogen-bond acceptors (Lipinski definition) is 1. The molecule has 0 aliphatic heterocycles. The molecule has 0 saturated heterocycles. The van der Waals surface area contributed by atoms with Crippen molar-refractivity contribution in [3.05, 3.63) is 68.7 Å². The molecule has 0 aliphatic rings. The third-order valence-corrected chi connectivity index (χ3v) is 4.11. The summed E-state index contributed by atoms with van der Waals surface area (Å²) in [5.74, 6) is 0. The van der Waals surface area contributed by atoms with Gasteiger partial charge in [-0.1, -0.05) is 45.8 Å². The summed E-state index contributed by atoms with van der Waals surface area (Å²) in [4.78, 5) is 0. The van der Waals surface area contributed by atoms with Crippen LogP contribution in [0.5, 0.6) is 0 Å². The molecule has 0 amide bonds. The minimum atomic E-state index is -4.41. The Morgan fingerprint density at radius 2 is 1.71 bits per heavy atom. The van der Waals surface area contributed by atoms with E-state index in [1.165, 1.54) is 6.07 Å². The molecule has 21 heavy (non-hydrogen) atoms. The van der Waals surface area contributed by atoms with E-state index in [0.29, 0.717) is 5.56 Å². The second-order valence-electron chi connectivity index (χ2n) is 5.07. The molecule has 2 rings (SSSR count). The number of halogens is 4. The van der Waals surface area contributed by atoms with Crippen LogP contribution in [0.15, 0.2) is 40.9 Å². The first-order valence-corrected chi connectivity index (χ1v) is 7.19. The van der Waals surface area contributed by atoms with E-state index in [1.54, 1.807) is 6.07 Å². The monoisotopic (exact) mass is 357 g/mol. The maximum atomic E-state index is 13.0. The van der Waals surface area contributed by atoms with Crippen molar-refractivity contribution in [1.82, 2.24) is 0 Å². The van der Waals surface area contributed by atoms with Gasteiger partial charge in [-0.25, -0.2) is 0 Å². The molecule has 0 saturated carbocycles. The normalized spacial score (nSPS) is 13.3. The van der Waals surface area contributed by atoms with Crippen molar-refractivity contribution in [2.24, 2.45) is 5.73 Å². The van der Waals surface area contributed by atoms with E-state index in [1.807, 2.05) is 32.0 Å². The summed E-state index contributed by atoms with van der Waals surface area (Å²) in [6, 6.07) is 9.27. The van der Waals surface area contributed by atoms with Crippen molar-refractivity contribution in [1.29, 1.82) is 0 Å². The molecule has 1 unspecified atom stereocenters. The molecule has 0 radical (unpaired) electrons. The Hall–Kier alpha value is -1.33. The highest BCUT2D eigenvalue weighted by Crippen LogP contribution is 2.37. The minimum Gasteiger partial charge on any atom is -0.320 e. The quantitative estimate of drug-likeness (QED) is 0.791. The standard InChI is InChI=1S/C16H15BrF3N/c1-9-3-5-12(10(2)7-9)15(21)11-4-6-14(17)13(8-11)16(18,19)20/h3-8,15H,21H2,1-2H3. The Morgan fingerprint density at radius 3 is 2.29 bits per heavy atom. The number of benzene rings is 2. The summed E-state index contributed by atoms with van der Waals surface area (Å²) in [5, 5.41) is 0. The van der Waals surface area contributed by atoms with Crippen LogP contribution in [0, 0.1) is 13.8 Å². The molecule has 0 spiro atoms. The predicted molar refractivity (Wildman–Crippen MR) is 81.1 cm³/mol. The zero-order chi connectivity index (χ0) is 15.8. The Bertz CT molecular complexity index is 665. The van der Waals surface area contributed by atoms with Crippen LogP contribution in [-0.4, -0.2) is 0 Å². The van der Waals surface area contributed by atoms with Crippen LogP contribution in [0.25, 0.3) is 0 Å². The average Bonchev–Trinajstić information content (AvgIpc) is 2.37. The van der Waals surface area contributed by atoms with Crippen molar-refractivity contribution >= 4 is 15.9 Å². The van der Waals surface area contributed by atoms with E-state index in [2.05, 4.69) is 15.9 Å². The van der Waals surface area contributed by atoms with Crippen LogP contribution >= 0.6 is 15.9 Å². The largest absolute Gasteiger partial charge is 0.417 e. The van der Waals surface area contributed by atoms with Gasteiger partial charge in [0.2, 0.25) is 0 Å². The fourth-order valence-electron chi connectivity index (χ4n) is 2.31. The third kappa shape index (κ3) is 3.47. The van der Waals surface area contributed by atoms with Gasteiger partial charge in [0.1, 0.15) is 0 Å². The maximum absolute atomic E-state index is 13.0.